The van der Waals surface area contributed by atoms with Gasteiger partial charge in [-0.3, -0.25) is 4.79 Å². The summed E-state index contributed by atoms with van der Waals surface area (Å²) in [7, 11) is 0. The normalized spacial score (nSPS) is 14.6. The van der Waals surface area contributed by atoms with Crippen LogP contribution in [0, 0.1) is 0 Å². The number of para-hydroxylation sites is 1. The fraction of sp³-hybridized carbons (Fsp3) is 0.200. The van der Waals surface area contributed by atoms with E-state index in [0.29, 0.717) is 29.2 Å². The number of benzene rings is 2. The SMILES string of the molecule is CCOC(=O)COc1ccc(C=C2COc3ccccc3C2=O)cc1. The molecule has 2 aromatic rings. The summed E-state index contributed by atoms with van der Waals surface area (Å²) in [5, 5.41) is 0. The van der Waals surface area contributed by atoms with Gasteiger partial charge in [0.25, 0.3) is 0 Å². The summed E-state index contributed by atoms with van der Waals surface area (Å²) in [4.78, 5) is 23.8. The van der Waals surface area contributed by atoms with Crippen LogP contribution in [-0.4, -0.2) is 31.6 Å². The predicted octanol–water partition coefficient (Wildman–Crippen LogP) is 3.29. The molecule has 0 atom stereocenters. The Kier molecular flexibility index (Phi) is 5.14. The van der Waals surface area contributed by atoms with Crippen LogP contribution in [0.2, 0.25) is 0 Å². The molecule has 5 heteroatoms. The van der Waals surface area contributed by atoms with E-state index in [-0.39, 0.29) is 19.0 Å². The maximum atomic E-state index is 12.5. The Balaban J connectivity index is 1.68. The van der Waals surface area contributed by atoms with Crippen LogP contribution in [0.25, 0.3) is 6.08 Å². The molecular weight excluding hydrogens is 320 g/mol. The van der Waals surface area contributed by atoms with Gasteiger partial charge in [-0.25, -0.2) is 4.79 Å². The molecule has 0 radical (unpaired) electrons. The zero-order valence-electron chi connectivity index (χ0n) is 13.9. The number of ketones is 1. The van der Waals surface area contributed by atoms with Crippen molar-refractivity contribution in [2.75, 3.05) is 19.8 Å². The molecule has 0 aliphatic carbocycles. The number of carbonyl (C=O) groups is 2. The van der Waals surface area contributed by atoms with Crippen molar-refractivity contribution in [3.05, 3.63) is 65.2 Å². The quantitative estimate of drug-likeness (QED) is 0.618. The minimum Gasteiger partial charge on any atom is -0.488 e. The second kappa shape index (κ2) is 7.66. The largest absolute Gasteiger partial charge is 0.488 e. The second-order valence-corrected chi connectivity index (χ2v) is 5.45. The van der Waals surface area contributed by atoms with Crippen LogP contribution in [0.5, 0.6) is 11.5 Å². The average molecular weight is 338 g/mol. The Hall–Kier alpha value is -3.08. The van der Waals surface area contributed by atoms with E-state index in [1.165, 1.54) is 0 Å². The zero-order chi connectivity index (χ0) is 17.6. The lowest BCUT2D eigenvalue weighted by atomic mass is 9.98. The molecule has 0 bridgehead atoms. The number of Topliss-reactive ketones (excluding diaryl/α,β-unsaturated/α-hetero) is 1. The molecule has 1 aliphatic rings. The maximum Gasteiger partial charge on any atom is 0.344 e. The summed E-state index contributed by atoms with van der Waals surface area (Å²) in [6.45, 7) is 2.19. The fourth-order valence-corrected chi connectivity index (χ4v) is 2.49. The topological polar surface area (TPSA) is 61.8 Å². The van der Waals surface area contributed by atoms with Crippen LogP contribution >= 0.6 is 0 Å². The van der Waals surface area contributed by atoms with Crippen molar-refractivity contribution < 1.29 is 23.8 Å². The third-order valence-corrected chi connectivity index (χ3v) is 3.69. The number of hydrogen-bond acceptors (Lipinski definition) is 5. The van der Waals surface area contributed by atoms with Gasteiger partial charge in [-0.1, -0.05) is 24.3 Å². The summed E-state index contributed by atoms with van der Waals surface area (Å²) in [5.41, 5.74) is 2.03. The third kappa shape index (κ3) is 4.07. The van der Waals surface area contributed by atoms with Crippen LogP contribution < -0.4 is 9.47 Å². The fourth-order valence-electron chi connectivity index (χ4n) is 2.49. The molecule has 0 saturated carbocycles. The first-order valence-corrected chi connectivity index (χ1v) is 8.03. The summed E-state index contributed by atoms with van der Waals surface area (Å²) in [6.07, 6.45) is 1.80. The van der Waals surface area contributed by atoms with E-state index >= 15 is 0 Å². The van der Waals surface area contributed by atoms with Gasteiger partial charge in [0.05, 0.1) is 12.2 Å². The standard InChI is InChI=1S/C20H18O5/c1-2-23-19(21)13-24-16-9-7-14(8-10-16)11-15-12-25-18-6-4-3-5-17(18)20(15)22/h3-11H,2,12-13H2,1H3. The number of fused-ring (bicyclic) bond motifs is 1. The molecule has 0 fully saturated rings. The molecule has 0 amide bonds. The van der Waals surface area contributed by atoms with Gasteiger partial charge in [0, 0.05) is 5.57 Å². The van der Waals surface area contributed by atoms with E-state index in [1.54, 1.807) is 37.3 Å². The van der Waals surface area contributed by atoms with Gasteiger partial charge in [-0.05, 0) is 42.8 Å². The van der Waals surface area contributed by atoms with Crippen molar-refractivity contribution in [2.45, 2.75) is 6.92 Å². The molecule has 2 aromatic carbocycles. The highest BCUT2D eigenvalue weighted by atomic mass is 16.6. The number of esters is 1. The lowest BCUT2D eigenvalue weighted by Gasteiger charge is -2.18. The Labute approximate surface area is 145 Å². The molecule has 0 unspecified atom stereocenters. The second-order valence-electron chi connectivity index (χ2n) is 5.45. The first kappa shape index (κ1) is 16.8. The molecule has 25 heavy (non-hydrogen) atoms. The molecule has 0 spiro atoms. The van der Waals surface area contributed by atoms with Gasteiger partial charge in [0.1, 0.15) is 18.1 Å². The first-order chi connectivity index (χ1) is 12.2. The molecule has 1 heterocycles. The molecule has 128 valence electrons. The summed E-state index contributed by atoms with van der Waals surface area (Å²) in [5.74, 6) is 0.751. The van der Waals surface area contributed by atoms with Crippen molar-refractivity contribution in [1.29, 1.82) is 0 Å². The highest BCUT2D eigenvalue weighted by Crippen LogP contribution is 2.27. The van der Waals surface area contributed by atoms with Crippen LogP contribution in [0.4, 0.5) is 0 Å². The first-order valence-electron chi connectivity index (χ1n) is 8.03. The molecule has 3 rings (SSSR count). The maximum absolute atomic E-state index is 12.5. The van der Waals surface area contributed by atoms with Crippen LogP contribution in [0.15, 0.2) is 54.1 Å². The van der Waals surface area contributed by atoms with Gasteiger partial charge >= 0.3 is 5.97 Å². The molecule has 0 N–H and O–H groups in total. The molecule has 5 nitrogen and oxygen atoms in total. The van der Waals surface area contributed by atoms with E-state index in [9.17, 15) is 9.59 Å². The van der Waals surface area contributed by atoms with Gasteiger partial charge in [-0.2, -0.15) is 0 Å². The van der Waals surface area contributed by atoms with E-state index in [4.69, 9.17) is 14.2 Å². The highest BCUT2D eigenvalue weighted by molar-refractivity contribution is 6.14. The van der Waals surface area contributed by atoms with Crippen LogP contribution in [0.3, 0.4) is 0 Å². The van der Waals surface area contributed by atoms with Gasteiger partial charge < -0.3 is 14.2 Å². The van der Waals surface area contributed by atoms with Crippen molar-refractivity contribution in [1.82, 2.24) is 0 Å². The van der Waals surface area contributed by atoms with Gasteiger partial charge in [0.15, 0.2) is 12.4 Å². The Morgan fingerprint density at radius 1 is 1.16 bits per heavy atom. The Morgan fingerprint density at radius 2 is 1.92 bits per heavy atom. The average Bonchev–Trinajstić information content (AvgIpc) is 2.64. The zero-order valence-corrected chi connectivity index (χ0v) is 13.9. The number of ether oxygens (including phenoxy) is 3. The minimum absolute atomic E-state index is 0.0236. The summed E-state index contributed by atoms with van der Waals surface area (Å²) < 4.78 is 15.8. The minimum atomic E-state index is -0.405. The Bertz CT molecular complexity index is 805. The molecule has 0 aromatic heterocycles. The lowest BCUT2D eigenvalue weighted by Crippen LogP contribution is -2.18. The van der Waals surface area contributed by atoms with Crippen LogP contribution in [0.1, 0.15) is 22.8 Å². The third-order valence-electron chi connectivity index (χ3n) is 3.69. The van der Waals surface area contributed by atoms with Crippen molar-refractivity contribution >= 4 is 17.8 Å². The van der Waals surface area contributed by atoms with Crippen LogP contribution in [-0.2, 0) is 9.53 Å². The van der Waals surface area contributed by atoms with Crippen molar-refractivity contribution in [3.63, 3.8) is 0 Å². The predicted molar refractivity (Wildman–Crippen MR) is 92.8 cm³/mol. The van der Waals surface area contributed by atoms with Crippen molar-refractivity contribution in [2.24, 2.45) is 0 Å². The summed E-state index contributed by atoms with van der Waals surface area (Å²) >= 11 is 0. The highest BCUT2D eigenvalue weighted by Gasteiger charge is 2.22. The van der Waals surface area contributed by atoms with E-state index < -0.39 is 5.97 Å². The summed E-state index contributed by atoms with van der Waals surface area (Å²) in [6, 6.07) is 14.3. The smallest absolute Gasteiger partial charge is 0.344 e. The lowest BCUT2D eigenvalue weighted by molar-refractivity contribution is -0.145. The van der Waals surface area contributed by atoms with E-state index in [2.05, 4.69) is 0 Å². The van der Waals surface area contributed by atoms with Gasteiger partial charge in [0.2, 0.25) is 0 Å². The number of rotatable bonds is 5. The van der Waals surface area contributed by atoms with Crippen molar-refractivity contribution in [3.8, 4) is 11.5 Å². The number of hydrogen-bond donors (Lipinski definition) is 0. The monoisotopic (exact) mass is 338 g/mol. The molecule has 0 saturated heterocycles. The molecule has 1 aliphatic heterocycles. The van der Waals surface area contributed by atoms with E-state index in [0.717, 1.165) is 5.56 Å². The van der Waals surface area contributed by atoms with E-state index in [1.807, 2.05) is 24.3 Å². The van der Waals surface area contributed by atoms with Gasteiger partial charge in [-0.15, -0.1) is 0 Å². The Morgan fingerprint density at radius 3 is 2.68 bits per heavy atom. The number of carbonyl (C=O) groups excluding carboxylic acids is 2. The molecular formula is C20H18O5.